The van der Waals surface area contributed by atoms with Crippen molar-refractivity contribution in [1.29, 1.82) is 0 Å². The fourth-order valence-electron chi connectivity index (χ4n) is 3.29. The number of aromatic amines is 1. The second kappa shape index (κ2) is 6.59. The van der Waals surface area contributed by atoms with Gasteiger partial charge in [0.15, 0.2) is 0 Å². The molecular weight excluding hydrogens is 354 g/mol. The first-order valence-electron chi connectivity index (χ1n) is 8.36. The summed E-state index contributed by atoms with van der Waals surface area (Å²) in [4.78, 5) is 29.7. The molecular formula is C18H18ClN5O2. The molecule has 3 aromatic rings. The summed E-state index contributed by atoms with van der Waals surface area (Å²) >= 11 is 5.95. The molecule has 134 valence electrons. The normalized spacial score (nSPS) is 17.6. The maximum atomic E-state index is 13.0. The highest BCUT2D eigenvalue weighted by Crippen LogP contribution is 2.21. The van der Waals surface area contributed by atoms with Crippen LogP contribution in [-0.2, 0) is 7.05 Å². The number of rotatable bonds is 2. The molecule has 0 radical (unpaired) electrons. The topological polar surface area (TPSA) is 83.0 Å². The van der Waals surface area contributed by atoms with Gasteiger partial charge in [-0.1, -0.05) is 23.7 Å². The minimum Gasteiger partial charge on any atom is -0.335 e. The number of nitrogens with zero attached hydrogens (tertiary/aromatic N) is 3. The summed E-state index contributed by atoms with van der Waals surface area (Å²) < 4.78 is 1.64. The summed E-state index contributed by atoms with van der Waals surface area (Å²) in [5, 5.41) is 8.19. The zero-order valence-corrected chi connectivity index (χ0v) is 15.0. The fraction of sp³-hybridized carbons (Fsp3) is 0.278. The molecule has 0 saturated carbocycles. The molecule has 0 bridgehead atoms. The van der Waals surface area contributed by atoms with Crippen molar-refractivity contribution in [2.75, 3.05) is 19.6 Å². The van der Waals surface area contributed by atoms with Crippen LogP contribution in [-0.4, -0.2) is 45.2 Å². The first kappa shape index (κ1) is 16.8. The van der Waals surface area contributed by atoms with Gasteiger partial charge in [0.2, 0.25) is 0 Å². The van der Waals surface area contributed by atoms with E-state index in [1.807, 2.05) is 24.3 Å². The number of carbonyl (C=O) groups excluding carboxylic acids is 1. The largest absolute Gasteiger partial charge is 0.335 e. The number of hydrogen-bond donors (Lipinski definition) is 2. The van der Waals surface area contributed by atoms with Crippen molar-refractivity contribution in [3.63, 3.8) is 0 Å². The number of H-pyrrole nitrogens is 1. The Balaban J connectivity index is 1.61. The van der Waals surface area contributed by atoms with Crippen LogP contribution in [0.15, 0.2) is 41.3 Å². The van der Waals surface area contributed by atoms with Crippen LogP contribution in [0, 0.1) is 0 Å². The van der Waals surface area contributed by atoms with Gasteiger partial charge in [0.1, 0.15) is 5.56 Å². The van der Waals surface area contributed by atoms with E-state index in [1.54, 1.807) is 28.9 Å². The van der Waals surface area contributed by atoms with E-state index in [9.17, 15) is 9.59 Å². The van der Waals surface area contributed by atoms with E-state index in [0.29, 0.717) is 30.2 Å². The van der Waals surface area contributed by atoms with Crippen molar-refractivity contribution < 1.29 is 4.79 Å². The number of fused-ring (bicyclic) bond motifs is 1. The van der Waals surface area contributed by atoms with Crippen molar-refractivity contribution >= 4 is 28.5 Å². The van der Waals surface area contributed by atoms with E-state index in [-0.39, 0.29) is 17.5 Å². The maximum Gasteiger partial charge on any atom is 0.261 e. The van der Waals surface area contributed by atoms with Crippen LogP contribution in [0.25, 0.3) is 11.0 Å². The predicted octanol–water partition coefficient (Wildman–Crippen LogP) is 1.70. The standard InChI is InChI=1S/C18H18ClN5O2/c1-23-16-8-13(17(25)22-14(16)9-21-23)18(26)24-7-6-20-15(10-24)11-2-4-12(19)5-3-11/h2-5,8-9,15,20H,6-7,10H2,1H3,(H,22,25). The Kier molecular flexibility index (Phi) is 4.26. The summed E-state index contributed by atoms with van der Waals surface area (Å²) in [5.41, 5.74) is 2.14. The molecule has 3 heterocycles. The molecule has 1 aliphatic heterocycles. The van der Waals surface area contributed by atoms with Crippen molar-refractivity contribution in [3.05, 3.63) is 63.0 Å². The van der Waals surface area contributed by atoms with Crippen LogP contribution in [0.1, 0.15) is 22.0 Å². The average Bonchev–Trinajstić information content (AvgIpc) is 3.01. The van der Waals surface area contributed by atoms with Gasteiger partial charge in [0, 0.05) is 37.7 Å². The van der Waals surface area contributed by atoms with Gasteiger partial charge in [-0.3, -0.25) is 14.3 Å². The lowest BCUT2D eigenvalue weighted by Gasteiger charge is -2.34. The van der Waals surface area contributed by atoms with Crippen molar-refractivity contribution in [2.24, 2.45) is 7.05 Å². The van der Waals surface area contributed by atoms with E-state index in [2.05, 4.69) is 15.4 Å². The number of halogens is 1. The molecule has 0 aliphatic carbocycles. The summed E-state index contributed by atoms with van der Waals surface area (Å²) in [5.74, 6) is -0.269. The van der Waals surface area contributed by atoms with Crippen LogP contribution < -0.4 is 10.9 Å². The van der Waals surface area contributed by atoms with Gasteiger partial charge < -0.3 is 15.2 Å². The Bertz CT molecular complexity index is 1020. The smallest absolute Gasteiger partial charge is 0.261 e. The molecule has 1 unspecified atom stereocenters. The van der Waals surface area contributed by atoms with E-state index in [4.69, 9.17) is 11.6 Å². The molecule has 0 spiro atoms. The van der Waals surface area contributed by atoms with Crippen LogP contribution in [0.2, 0.25) is 5.02 Å². The molecule has 26 heavy (non-hydrogen) atoms. The number of benzene rings is 1. The number of aryl methyl sites for hydroxylation is 1. The third kappa shape index (κ3) is 3.00. The minimum atomic E-state index is -0.392. The summed E-state index contributed by atoms with van der Waals surface area (Å²) in [6, 6.07) is 9.18. The minimum absolute atomic E-state index is 0.00415. The number of pyridine rings is 1. The highest BCUT2D eigenvalue weighted by atomic mass is 35.5. The van der Waals surface area contributed by atoms with Gasteiger partial charge in [-0.15, -0.1) is 0 Å². The van der Waals surface area contributed by atoms with Crippen molar-refractivity contribution in [3.8, 4) is 0 Å². The summed E-state index contributed by atoms with van der Waals surface area (Å²) in [7, 11) is 1.77. The SMILES string of the molecule is Cn1ncc2[nH]c(=O)c(C(=O)N3CCNC(c4ccc(Cl)cc4)C3)cc21. The Hall–Kier alpha value is -2.64. The van der Waals surface area contributed by atoms with Gasteiger partial charge in [0.05, 0.1) is 17.2 Å². The molecule has 1 amide bonds. The van der Waals surface area contributed by atoms with Gasteiger partial charge >= 0.3 is 0 Å². The Morgan fingerprint density at radius 2 is 2.08 bits per heavy atom. The Labute approximate surface area is 154 Å². The lowest BCUT2D eigenvalue weighted by molar-refractivity contribution is 0.0701. The lowest BCUT2D eigenvalue weighted by atomic mass is 10.0. The van der Waals surface area contributed by atoms with Crippen molar-refractivity contribution in [2.45, 2.75) is 6.04 Å². The number of nitrogens with one attached hydrogen (secondary N) is 2. The molecule has 4 rings (SSSR count). The van der Waals surface area contributed by atoms with Crippen LogP contribution in [0.3, 0.4) is 0 Å². The molecule has 1 atom stereocenters. The molecule has 2 aromatic heterocycles. The number of aromatic nitrogens is 3. The summed E-state index contributed by atoms with van der Waals surface area (Å²) in [6.45, 7) is 1.69. The zero-order chi connectivity index (χ0) is 18.3. The van der Waals surface area contributed by atoms with Crippen molar-refractivity contribution in [1.82, 2.24) is 25.0 Å². The van der Waals surface area contributed by atoms with Crippen LogP contribution in [0.5, 0.6) is 0 Å². The third-order valence-electron chi connectivity index (χ3n) is 4.72. The highest BCUT2D eigenvalue weighted by Gasteiger charge is 2.27. The average molecular weight is 372 g/mol. The molecule has 1 aromatic carbocycles. The second-order valence-corrected chi connectivity index (χ2v) is 6.83. The third-order valence-corrected chi connectivity index (χ3v) is 4.98. The number of hydrogen-bond acceptors (Lipinski definition) is 4. The van der Waals surface area contributed by atoms with Gasteiger partial charge in [-0.25, -0.2) is 0 Å². The molecule has 2 N–H and O–H groups in total. The number of piperazine rings is 1. The molecule has 1 aliphatic rings. The van der Waals surface area contributed by atoms with Gasteiger partial charge in [0.25, 0.3) is 11.5 Å². The monoisotopic (exact) mass is 371 g/mol. The first-order valence-corrected chi connectivity index (χ1v) is 8.74. The zero-order valence-electron chi connectivity index (χ0n) is 14.2. The number of carbonyl (C=O) groups is 1. The predicted molar refractivity (Wildman–Crippen MR) is 99.4 cm³/mol. The van der Waals surface area contributed by atoms with Gasteiger partial charge in [-0.05, 0) is 23.8 Å². The highest BCUT2D eigenvalue weighted by molar-refractivity contribution is 6.30. The molecule has 1 fully saturated rings. The first-order chi connectivity index (χ1) is 12.5. The lowest BCUT2D eigenvalue weighted by Crippen LogP contribution is -2.49. The number of amides is 1. The maximum absolute atomic E-state index is 13.0. The summed E-state index contributed by atoms with van der Waals surface area (Å²) in [6.07, 6.45) is 1.58. The van der Waals surface area contributed by atoms with Crippen LogP contribution in [0.4, 0.5) is 0 Å². The van der Waals surface area contributed by atoms with E-state index in [0.717, 1.165) is 11.1 Å². The molecule has 1 saturated heterocycles. The fourth-order valence-corrected chi connectivity index (χ4v) is 3.41. The Morgan fingerprint density at radius 1 is 1.31 bits per heavy atom. The van der Waals surface area contributed by atoms with E-state index >= 15 is 0 Å². The van der Waals surface area contributed by atoms with E-state index in [1.165, 1.54) is 0 Å². The van der Waals surface area contributed by atoms with Crippen LogP contribution >= 0.6 is 11.6 Å². The van der Waals surface area contributed by atoms with E-state index < -0.39 is 5.56 Å². The molecule has 8 heteroatoms. The Morgan fingerprint density at radius 3 is 2.85 bits per heavy atom. The molecule has 7 nitrogen and oxygen atoms in total. The second-order valence-electron chi connectivity index (χ2n) is 6.39. The quantitative estimate of drug-likeness (QED) is 0.718. The van der Waals surface area contributed by atoms with Gasteiger partial charge in [-0.2, -0.15) is 5.10 Å².